The van der Waals surface area contributed by atoms with Gasteiger partial charge >= 0.3 is 18.0 Å². The Morgan fingerprint density at radius 1 is 1.13 bits per heavy atom. The Morgan fingerprint density at radius 3 is 2.26 bits per heavy atom. The van der Waals surface area contributed by atoms with E-state index < -0.39 is 42.9 Å². The first-order valence-corrected chi connectivity index (χ1v) is 7.44. The number of hydrogen-bond donors (Lipinski definition) is 0. The van der Waals surface area contributed by atoms with Gasteiger partial charge in [0.25, 0.3) is 0 Å². The van der Waals surface area contributed by atoms with Crippen LogP contribution in [0.3, 0.4) is 0 Å². The first kappa shape index (κ1) is 19.7. The van der Waals surface area contributed by atoms with Crippen LogP contribution in [0.5, 0.6) is 0 Å². The Labute approximate surface area is 131 Å². The molecule has 0 aliphatic heterocycles. The normalized spacial score (nSPS) is 22.0. The van der Waals surface area contributed by atoms with Gasteiger partial charge in [0, 0.05) is 6.42 Å². The molecule has 0 N–H and O–H groups in total. The third-order valence-electron chi connectivity index (χ3n) is 3.42. The number of carbonyl (C=O) groups excluding carboxylic acids is 2. The monoisotopic (exact) mass is 344 g/mol. The van der Waals surface area contributed by atoms with E-state index in [1.807, 2.05) is 0 Å². The average Bonchev–Trinajstić information content (AvgIpc) is 2.47. The number of carbonyl (C=O) groups is 2. The predicted octanol–water partition coefficient (Wildman–Crippen LogP) is 2.92. The number of ether oxygens (including phenoxy) is 3. The van der Waals surface area contributed by atoms with Crippen LogP contribution in [-0.2, 0) is 23.8 Å². The minimum absolute atomic E-state index is 0.142. The molecule has 0 radical (unpaired) electrons. The molecule has 1 aliphatic carbocycles. The van der Waals surface area contributed by atoms with Crippen LogP contribution in [0.2, 0.25) is 0 Å². The van der Waals surface area contributed by atoms with Crippen LogP contribution < -0.4 is 0 Å². The molecule has 0 aromatic heterocycles. The van der Waals surface area contributed by atoms with Crippen molar-refractivity contribution in [3.05, 3.63) is 0 Å². The number of alkyl halides is 4. The van der Waals surface area contributed by atoms with Gasteiger partial charge in [-0.2, -0.15) is 8.78 Å². The first-order chi connectivity index (χ1) is 10.8. The van der Waals surface area contributed by atoms with E-state index in [0.29, 0.717) is 0 Å². The van der Waals surface area contributed by atoms with Gasteiger partial charge in [0.15, 0.2) is 0 Å². The molecule has 0 aromatic carbocycles. The van der Waals surface area contributed by atoms with Gasteiger partial charge in [-0.15, -0.1) is 0 Å². The zero-order valence-electron chi connectivity index (χ0n) is 12.7. The van der Waals surface area contributed by atoms with Crippen molar-refractivity contribution in [1.29, 1.82) is 0 Å². The average molecular weight is 344 g/mol. The molecule has 1 saturated carbocycles. The minimum Gasteiger partial charge on any atom is -0.465 e. The summed E-state index contributed by atoms with van der Waals surface area (Å²) in [6, 6.07) is 0. The maximum absolute atomic E-state index is 13.4. The number of rotatable bonds is 8. The van der Waals surface area contributed by atoms with E-state index in [2.05, 4.69) is 9.47 Å². The summed E-state index contributed by atoms with van der Waals surface area (Å²) in [5, 5.41) is 0. The van der Waals surface area contributed by atoms with Crippen molar-refractivity contribution in [1.82, 2.24) is 0 Å². The quantitative estimate of drug-likeness (QED) is 0.500. The predicted molar refractivity (Wildman–Crippen MR) is 70.0 cm³/mol. The number of esters is 2. The van der Waals surface area contributed by atoms with E-state index in [-0.39, 0.29) is 38.9 Å². The molecule has 9 heteroatoms. The number of halogens is 4. The van der Waals surface area contributed by atoms with Gasteiger partial charge in [0.1, 0.15) is 0 Å². The minimum atomic E-state index is -4.02. The summed E-state index contributed by atoms with van der Waals surface area (Å²) in [5.74, 6) is -2.88. The van der Waals surface area contributed by atoms with Crippen molar-refractivity contribution in [2.75, 3.05) is 13.2 Å². The SMILES string of the molecule is CCOC(=O)C(F)(F)OC1CCC(C(=O)OCCC(F)F)CC1. The lowest BCUT2D eigenvalue weighted by Crippen LogP contribution is -2.39. The Bertz CT molecular complexity index is 395. The molecule has 0 saturated heterocycles. The van der Waals surface area contributed by atoms with E-state index in [1.165, 1.54) is 6.92 Å². The molecule has 0 amide bonds. The van der Waals surface area contributed by atoms with Crippen LogP contribution in [0.4, 0.5) is 17.6 Å². The van der Waals surface area contributed by atoms with Crippen molar-refractivity contribution < 1.29 is 41.4 Å². The van der Waals surface area contributed by atoms with Crippen LogP contribution in [-0.4, -0.2) is 43.8 Å². The van der Waals surface area contributed by atoms with E-state index in [9.17, 15) is 27.2 Å². The molecule has 23 heavy (non-hydrogen) atoms. The summed E-state index contributed by atoms with van der Waals surface area (Å²) >= 11 is 0. The first-order valence-electron chi connectivity index (χ1n) is 7.44. The van der Waals surface area contributed by atoms with Gasteiger partial charge in [-0.3, -0.25) is 4.79 Å². The maximum Gasteiger partial charge on any atom is 0.456 e. The standard InChI is InChI=1S/C14H20F4O5/c1-2-21-13(20)14(17,18)23-10-5-3-9(4-6-10)12(19)22-8-7-11(15)16/h9-11H,2-8H2,1H3. The van der Waals surface area contributed by atoms with Crippen LogP contribution in [0.25, 0.3) is 0 Å². The summed E-state index contributed by atoms with van der Waals surface area (Å²) in [6.45, 7) is 0.849. The smallest absolute Gasteiger partial charge is 0.456 e. The van der Waals surface area contributed by atoms with Gasteiger partial charge < -0.3 is 14.2 Å². The van der Waals surface area contributed by atoms with Gasteiger partial charge in [-0.1, -0.05) is 0 Å². The molecule has 1 rings (SSSR count). The molecule has 1 fully saturated rings. The lowest BCUT2D eigenvalue weighted by molar-refractivity contribution is -0.269. The third-order valence-corrected chi connectivity index (χ3v) is 3.42. The molecule has 0 heterocycles. The Balaban J connectivity index is 2.34. The van der Waals surface area contributed by atoms with Crippen LogP contribution >= 0.6 is 0 Å². The van der Waals surface area contributed by atoms with Gasteiger partial charge in [-0.25, -0.2) is 13.6 Å². The fourth-order valence-corrected chi connectivity index (χ4v) is 2.26. The molecular formula is C14H20F4O5. The van der Waals surface area contributed by atoms with E-state index in [1.54, 1.807) is 0 Å². The van der Waals surface area contributed by atoms with Crippen molar-refractivity contribution in [2.45, 2.75) is 57.7 Å². The number of hydrogen-bond acceptors (Lipinski definition) is 5. The third kappa shape index (κ3) is 6.72. The van der Waals surface area contributed by atoms with Gasteiger partial charge in [0.2, 0.25) is 6.43 Å². The van der Waals surface area contributed by atoms with Crippen molar-refractivity contribution >= 4 is 11.9 Å². The molecule has 0 atom stereocenters. The second-order valence-corrected chi connectivity index (χ2v) is 5.18. The molecule has 0 bridgehead atoms. The lowest BCUT2D eigenvalue weighted by Gasteiger charge is -2.29. The second kappa shape index (κ2) is 9.05. The maximum atomic E-state index is 13.4. The summed E-state index contributed by atoms with van der Waals surface area (Å²) in [6.07, 6.45) is -7.22. The largest absolute Gasteiger partial charge is 0.465 e. The van der Waals surface area contributed by atoms with Crippen molar-refractivity contribution in [3.63, 3.8) is 0 Å². The van der Waals surface area contributed by atoms with Crippen LogP contribution in [0, 0.1) is 5.92 Å². The molecule has 0 aromatic rings. The highest BCUT2D eigenvalue weighted by Crippen LogP contribution is 2.31. The fourth-order valence-electron chi connectivity index (χ4n) is 2.26. The summed E-state index contributed by atoms with van der Waals surface area (Å²) in [7, 11) is 0. The molecule has 5 nitrogen and oxygen atoms in total. The molecule has 0 spiro atoms. The van der Waals surface area contributed by atoms with Crippen LogP contribution in [0.1, 0.15) is 39.0 Å². The Kier molecular flexibility index (Phi) is 7.74. The topological polar surface area (TPSA) is 61.8 Å². The Hall–Kier alpha value is -1.38. The molecular weight excluding hydrogens is 324 g/mol. The van der Waals surface area contributed by atoms with E-state index in [4.69, 9.17) is 4.74 Å². The van der Waals surface area contributed by atoms with Crippen LogP contribution in [0.15, 0.2) is 0 Å². The van der Waals surface area contributed by atoms with Gasteiger partial charge in [0.05, 0.1) is 25.2 Å². The zero-order valence-corrected chi connectivity index (χ0v) is 12.7. The zero-order chi connectivity index (χ0) is 17.5. The van der Waals surface area contributed by atoms with Crippen molar-refractivity contribution in [3.8, 4) is 0 Å². The second-order valence-electron chi connectivity index (χ2n) is 5.18. The highest BCUT2D eigenvalue weighted by Gasteiger charge is 2.45. The van der Waals surface area contributed by atoms with E-state index in [0.717, 1.165) is 0 Å². The molecule has 134 valence electrons. The van der Waals surface area contributed by atoms with E-state index >= 15 is 0 Å². The molecule has 0 unspecified atom stereocenters. The fraction of sp³-hybridized carbons (Fsp3) is 0.857. The summed E-state index contributed by atoms with van der Waals surface area (Å²) in [5.41, 5.74) is 0. The van der Waals surface area contributed by atoms with Crippen molar-refractivity contribution in [2.24, 2.45) is 5.92 Å². The highest BCUT2D eigenvalue weighted by atomic mass is 19.3. The van der Waals surface area contributed by atoms with Gasteiger partial charge in [-0.05, 0) is 32.6 Å². The summed E-state index contributed by atoms with van der Waals surface area (Å²) < 4.78 is 64.1. The molecule has 1 aliphatic rings. The summed E-state index contributed by atoms with van der Waals surface area (Å²) in [4.78, 5) is 22.7. The lowest BCUT2D eigenvalue weighted by atomic mass is 9.87. The Morgan fingerprint density at radius 2 is 1.74 bits per heavy atom. The highest BCUT2D eigenvalue weighted by molar-refractivity contribution is 5.75.